The molecule has 0 aliphatic heterocycles. The topological polar surface area (TPSA) is 95.1 Å². The van der Waals surface area contributed by atoms with Crippen LogP contribution in [0.15, 0.2) is 48.5 Å². The van der Waals surface area contributed by atoms with Crippen LogP contribution in [0.1, 0.15) is 13.8 Å². The number of ether oxygens (including phenoxy) is 4. The molecule has 1 aliphatic carbocycles. The van der Waals surface area contributed by atoms with E-state index >= 15 is 8.78 Å². The van der Waals surface area contributed by atoms with Gasteiger partial charge in [0, 0.05) is 11.4 Å². The fourth-order valence-corrected chi connectivity index (χ4v) is 3.11. The molecule has 0 heterocycles. The van der Waals surface area contributed by atoms with Gasteiger partial charge in [-0.1, -0.05) is 0 Å². The predicted molar refractivity (Wildman–Crippen MR) is 113 cm³/mol. The molecule has 0 aromatic heterocycles. The average molecular weight is 522 g/mol. The van der Waals surface area contributed by atoms with Gasteiger partial charge in [0.15, 0.2) is 0 Å². The Hall–Kier alpha value is -3.84. The number of nitrogens with one attached hydrogen (secondary N) is 2. The maximum absolute atomic E-state index is 15.2. The van der Waals surface area contributed by atoms with Crippen molar-refractivity contribution in [3.63, 3.8) is 0 Å². The van der Waals surface area contributed by atoms with E-state index in [2.05, 4.69) is 29.6 Å². The predicted octanol–water partition coefficient (Wildman–Crippen LogP) is 5.90. The van der Waals surface area contributed by atoms with E-state index in [4.69, 9.17) is 0 Å². The summed E-state index contributed by atoms with van der Waals surface area (Å²) in [5, 5.41) is 4.50. The molecule has 2 aromatic rings. The lowest BCUT2D eigenvalue weighted by Gasteiger charge is -2.55. The first-order valence-electron chi connectivity index (χ1n) is 10.4. The van der Waals surface area contributed by atoms with Crippen LogP contribution >= 0.6 is 0 Å². The highest BCUT2D eigenvalue weighted by molar-refractivity contribution is 5.85. The molecule has 0 spiro atoms. The lowest BCUT2D eigenvalue weighted by atomic mass is 9.76. The minimum atomic E-state index is -5.62. The zero-order valence-corrected chi connectivity index (χ0v) is 18.8. The van der Waals surface area contributed by atoms with E-state index in [1.807, 2.05) is 0 Å². The summed E-state index contributed by atoms with van der Waals surface area (Å²) in [6.07, 6.45) is -1.70. The minimum absolute atomic E-state index is 0.0594. The van der Waals surface area contributed by atoms with Gasteiger partial charge in [-0.2, -0.15) is 26.3 Å². The number of hydrogen-bond donors (Lipinski definition) is 2. The van der Waals surface area contributed by atoms with Crippen LogP contribution in [0.25, 0.3) is 0 Å². The molecular formula is C22H20F6N2O6. The van der Waals surface area contributed by atoms with E-state index in [-0.39, 0.29) is 24.6 Å². The summed E-state index contributed by atoms with van der Waals surface area (Å²) in [7, 11) is 0. The van der Waals surface area contributed by atoms with E-state index < -0.39 is 47.2 Å². The molecule has 0 saturated heterocycles. The van der Waals surface area contributed by atoms with Gasteiger partial charge in [-0.25, -0.2) is 9.59 Å². The summed E-state index contributed by atoms with van der Waals surface area (Å²) in [5.74, 6) is -22.7. The highest BCUT2D eigenvalue weighted by atomic mass is 19.3. The van der Waals surface area contributed by atoms with Crippen molar-refractivity contribution in [2.24, 2.45) is 0 Å². The van der Waals surface area contributed by atoms with Crippen LogP contribution in [0.2, 0.25) is 0 Å². The van der Waals surface area contributed by atoms with Crippen molar-refractivity contribution in [2.45, 2.75) is 37.4 Å². The summed E-state index contributed by atoms with van der Waals surface area (Å²) in [6, 6.07) is 7.58. The van der Waals surface area contributed by atoms with Crippen LogP contribution < -0.4 is 20.1 Å². The molecule has 8 nitrogen and oxygen atoms in total. The fraction of sp³-hybridized carbons (Fsp3) is 0.364. The molecule has 2 atom stereocenters. The smallest absolute Gasteiger partial charge is 0.411 e. The maximum atomic E-state index is 15.2. The number of carbonyl (C=O) groups excluding carboxylic acids is 2. The summed E-state index contributed by atoms with van der Waals surface area (Å²) >= 11 is 0. The number of anilines is 2. The summed E-state index contributed by atoms with van der Waals surface area (Å²) in [4.78, 5) is 22.8. The molecule has 2 unspecified atom stereocenters. The maximum Gasteiger partial charge on any atom is 0.411 e. The lowest BCUT2D eigenvalue weighted by Crippen LogP contribution is -2.89. The van der Waals surface area contributed by atoms with Crippen molar-refractivity contribution in [1.29, 1.82) is 0 Å². The van der Waals surface area contributed by atoms with Crippen LogP contribution in [0.5, 0.6) is 11.5 Å². The molecule has 2 aromatic carbocycles. The van der Waals surface area contributed by atoms with Gasteiger partial charge in [-0.15, -0.1) is 0 Å². The Kier molecular flexibility index (Phi) is 7.18. The minimum Gasteiger partial charge on any atom is -0.450 e. The Morgan fingerprint density at radius 1 is 0.639 bits per heavy atom. The number of alkyl halides is 6. The van der Waals surface area contributed by atoms with E-state index in [0.717, 1.165) is 48.5 Å². The molecular weight excluding hydrogens is 502 g/mol. The standard InChI is InChI=1S/C22H20F6N2O6/c1-3-33-17(31)29-13-5-9-15(10-6-13)35-21(27)19(23,24)20(25,26)22(21,28)36-16-11-7-14(8-12-16)30-18(32)34-4-2/h5-12H,3-4H2,1-2H3,(H,29,31)(H,30,32). The van der Waals surface area contributed by atoms with Crippen molar-refractivity contribution in [2.75, 3.05) is 23.8 Å². The van der Waals surface area contributed by atoms with Crippen molar-refractivity contribution < 1.29 is 54.9 Å². The van der Waals surface area contributed by atoms with Gasteiger partial charge < -0.3 is 18.9 Å². The molecule has 36 heavy (non-hydrogen) atoms. The monoisotopic (exact) mass is 522 g/mol. The van der Waals surface area contributed by atoms with Crippen LogP contribution in [-0.2, 0) is 9.47 Å². The summed E-state index contributed by atoms with van der Waals surface area (Å²) in [5.41, 5.74) is 0.136. The van der Waals surface area contributed by atoms with Gasteiger partial charge in [0.05, 0.1) is 13.2 Å². The van der Waals surface area contributed by atoms with Crippen LogP contribution in [0, 0.1) is 0 Å². The molecule has 14 heteroatoms. The second kappa shape index (κ2) is 9.66. The van der Waals surface area contributed by atoms with Crippen LogP contribution in [0.3, 0.4) is 0 Å². The third kappa shape index (κ3) is 4.42. The second-order valence-electron chi connectivity index (χ2n) is 7.28. The Morgan fingerprint density at radius 2 is 0.944 bits per heavy atom. The molecule has 196 valence electrons. The summed E-state index contributed by atoms with van der Waals surface area (Å²) < 4.78 is 105. The third-order valence-electron chi connectivity index (χ3n) is 4.88. The largest absolute Gasteiger partial charge is 0.450 e. The van der Waals surface area contributed by atoms with E-state index in [1.54, 1.807) is 13.8 Å². The molecule has 1 aliphatic rings. The van der Waals surface area contributed by atoms with Crippen molar-refractivity contribution in [1.82, 2.24) is 0 Å². The fourth-order valence-electron chi connectivity index (χ4n) is 3.11. The van der Waals surface area contributed by atoms with Crippen LogP contribution in [-0.4, -0.2) is 49.0 Å². The molecule has 0 radical (unpaired) electrons. The van der Waals surface area contributed by atoms with E-state index in [9.17, 15) is 27.2 Å². The lowest BCUT2D eigenvalue weighted by molar-refractivity contribution is -0.527. The number of benzene rings is 2. The van der Waals surface area contributed by atoms with Gasteiger partial charge >= 0.3 is 35.7 Å². The summed E-state index contributed by atoms with van der Waals surface area (Å²) in [6.45, 7) is 3.21. The first kappa shape index (κ1) is 26.8. The van der Waals surface area contributed by atoms with Crippen molar-refractivity contribution in [3.8, 4) is 11.5 Å². The molecule has 3 rings (SSSR count). The zero-order chi connectivity index (χ0) is 26.8. The number of halogens is 6. The van der Waals surface area contributed by atoms with Crippen molar-refractivity contribution >= 4 is 23.6 Å². The van der Waals surface area contributed by atoms with Gasteiger partial charge in [-0.3, -0.25) is 10.6 Å². The first-order chi connectivity index (χ1) is 16.8. The van der Waals surface area contributed by atoms with Gasteiger partial charge in [-0.05, 0) is 62.4 Å². The highest BCUT2D eigenvalue weighted by Crippen LogP contribution is 2.68. The zero-order valence-electron chi connectivity index (χ0n) is 18.8. The van der Waals surface area contributed by atoms with E-state index in [1.165, 1.54) is 0 Å². The van der Waals surface area contributed by atoms with Gasteiger partial charge in [0.2, 0.25) is 0 Å². The molecule has 0 bridgehead atoms. The van der Waals surface area contributed by atoms with Crippen LogP contribution in [0.4, 0.5) is 47.3 Å². The number of amides is 2. The Balaban J connectivity index is 1.80. The molecule has 1 fully saturated rings. The van der Waals surface area contributed by atoms with Crippen molar-refractivity contribution in [3.05, 3.63) is 48.5 Å². The highest BCUT2D eigenvalue weighted by Gasteiger charge is 3.03. The number of hydrogen-bond acceptors (Lipinski definition) is 6. The third-order valence-corrected chi connectivity index (χ3v) is 4.88. The second-order valence-corrected chi connectivity index (χ2v) is 7.28. The number of carbonyl (C=O) groups is 2. The average Bonchev–Trinajstić information content (AvgIpc) is 2.81. The molecule has 2 N–H and O–H groups in total. The normalized spacial score (nSPS) is 23.6. The molecule has 1 saturated carbocycles. The molecule has 2 amide bonds. The van der Waals surface area contributed by atoms with Gasteiger partial charge in [0.1, 0.15) is 11.5 Å². The first-order valence-corrected chi connectivity index (χ1v) is 10.4. The Bertz CT molecular complexity index is 1010. The quantitative estimate of drug-likeness (QED) is 0.420. The Labute approximate surface area is 200 Å². The van der Waals surface area contributed by atoms with E-state index in [0.29, 0.717) is 0 Å². The SMILES string of the molecule is CCOC(=O)Nc1ccc(OC2(F)C(F)(F)C(F)(F)C2(F)Oc2ccc(NC(=O)OCC)cc2)cc1. The Morgan fingerprint density at radius 3 is 1.22 bits per heavy atom. The number of rotatable bonds is 8. The van der Waals surface area contributed by atoms with Gasteiger partial charge in [0.25, 0.3) is 0 Å².